The van der Waals surface area contributed by atoms with Crippen LogP contribution in [0.3, 0.4) is 0 Å². The van der Waals surface area contributed by atoms with Crippen LogP contribution >= 0.6 is 0 Å². The van der Waals surface area contributed by atoms with Gasteiger partial charge in [0.2, 0.25) is 6.29 Å². The van der Waals surface area contributed by atoms with Crippen LogP contribution in [0.15, 0.2) is 42.9 Å². The van der Waals surface area contributed by atoms with Gasteiger partial charge >= 0.3 is 0 Å². The molecule has 27 heavy (non-hydrogen) atoms. The molecule has 4 aromatic heterocycles. The molecule has 4 aromatic rings. The molecule has 0 unspecified atom stereocenters. The van der Waals surface area contributed by atoms with E-state index in [0.717, 1.165) is 40.4 Å². The second-order valence-corrected chi connectivity index (χ2v) is 6.00. The molecule has 0 amide bonds. The number of ether oxygens (including phenoxy) is 2. The maximum absolute atomic E-state index is 5.36. The Hall–Kier alpha value is -3.10. The molecule has 138 valence electrons. The molecule has 0 saturated carbocycles. The normalized spacial score (nSPS) is 11.6. The molecule has 8 heteroatoms. The van der Waals surface area contributed by atoms with Crippen LogP contribution in [-0.4, -0.2) is 43.8 Å². The van der Waals surface area contributed by atoms with Gasteiger partial charge in [0, 0.05) is 31.7 Å². The summed E-state index contributed by atoms with van der Waals surface area (Å²) in [4.78, 5) is 17.0. The fourth-order valence-electron chi connectivity index (χ4n) is 2.99. The average molecular weight is 364 g/mol. The molecule has 0 saturated heterocycles. The van der Waals surface area contributed by atoms with Crippen molar-refractivity contribution in [2.24, 2.45) is 0 Å². The minimum atomic E-state index is -0.595. The van der Waals surface area contributed by atoms with Gasteiger partial charge in [0.05, 0.1) is 17.1 Å². The minimum absolute atomic E-state index is 0.576. The largest absolute Gasteiger partial charge is 0.349 e. The van der Waals surface area contributed by atoms with Crippen molar-refractivity contribution in [3.05, 3.63) is 54.4 Å². The number of pyridine rings is 2. The average Bonchev–Trinajstić information content (AvgIpc) is 3.35. The monoisotopic (exact) mass is 364 g/mol. The van der Waals surface area contributed by atoms with Crippen LogP contribution in [0.2, 0.25) is 0 Å². The van der Waals surface area contributed by atoms with Crippen molar-refractivity contribution in [2.75, 3.05) is 14.2 Å². The third kappa shape index (κ3) is 3.20. The highest BCUT2D eigenvalue weighted by atomic mass is 16.7. The van der Waals surface area contributed by atoms with Gasteiger partial charge in [-0.25, -0.2) is 14.5 Å². The Morgan fingerprint density at radius 2 is 1.96 bits per heavy atom. The van der Waals surface area contributed by atoms with E-state index < -0.39 is 6.29 Å². The molecule has 0 bridgehead atoms. The highest BCUT2D eigenvalue weighted by Crippen LogP contribution is 2.31. The summed E-state index contributed by atoms with van der Waals surface area (Å²) in [6.07, 6.45) is 3.67. The molecule has 4 rings (SSSR count). The number of imidazole rings is 1. The van der Waals surface area contributed by atoms with Gasteiger partial charge in [0.15, 0.2) is 11.5 Å². The Morgan fingerprint density at radius 3 is 2.74 bits per heavy atom. The van der Waals surface area contributed by atoms with Crippen LogP contribution < -0.4 is 0 Å². The number of fused-ring (bicyclic) bond motifs is 1. The van der Waals surface area contributed by atoms with E-state index in [1.165, 1.54) is 6.33 Å². The number of nitrogens with one attached hydrogen (secondary N) is 1. The first-order chi connectivity index (χ1) is 13.2. The van der Waals surface area contributed by atoms with Gasteiger partial charge in [-0.1, -0.05) is 13.0 Å². The Labute approximate surface area is 156 Å². The number of H-pyrrole nitrogens is 1. The number of aryl methyl sites for hydroxylation is 1. The summed E-state index contributed by atoms with van der Waals surface area (Å²) in [5, 5.41) is 4.21. The molecule has 0 aromatic carbocycles. The molecule has 0 radical (unpaired) electrons. The minimum Gasteiger partial charge on any atom is -0.349 e. The molecule has 0 fully saturated rings. The molecule has 8 nitrogen and oxygen atoms in total. The summed E-state index contributed by atoms with van der Waals surface area (Å²) < 4.78 is 12.4. The molecule has 0 spiro atoms. The lowest BCUT2D eigenvalue weighted by atomic mass is 10.1. The highest BCUT2D eigenvalue weighted by molar-refractivity contribution is 5.77. The number of methoxy groups -OCH3 is 2. The van der Waals surface area contributed by atoms with Gasteiger partial charge in [0.25, 0.3) is 0 Å². The molecule has 1 N–H and O–H groups in total. The molecular formula is C19H20N6O2. The number of aromatic nitrogens is 6. The number of aromatic amines is 1. The topological polar surface area (TPSA) is 90.2 Å². The van der Waals surface area contributed by atoms with Crippen LogP contribution in [0.25, 0.3) is 28.3 Å². The van der Waals surface area contributed by atoms with Crippen molar-refractivity contribution >= 4 is 5.65 Å². The summed E-state index contributed by atoms with van der Waals surface area (Å²) in [6, 6.07) is 9.83. The Morgan fingerprint density at radius 1 is 1.11 bits per heavy atom. The Balaban J connectivity index is 1.89. The van der Waals surface area contributed by atoms with E-state index in [9.17, 15) is 0 Å². The summed E-state index contributed by atoms with van der Waals surface area (Å²) in [5.74, 6) is 0.576. The van der Waals surface area contributed by atoms with Crippen molar-refractivity contribution in [1.29, 1.82) is 0 Å². The van der Waals surface area contributed by atoms with Crippen LogP contribution in [0.1, 0.15) is 24.7 Å². The van der Waals surface area contributed by atoms with Gasteiger partial charge in [-0.15, -0.1) is 0 Å². The van der Waals surface area contributed by atoms with Crippen LogP contribution in [0, 0.1) is 0 Å². The summed E-state index contributed by atoms with van der Waals surface area (Å²) in [6.45, 7) is 2.08. The maximum Gasteiger partial charge on any atom is 0.216 e. The van der Waals surface area contributed by atoms with E-state index in [0.29, 0.717) is 5.82 Å². The molecule has 0 atom stereocenters. The first-order valence-electron chi connectivity index (χ1n) is 8.65. The maximum atomic E-state index is 5.36. The number of hydrogen-bond acceptors (Lipinski definition) is 6. The first kappa shape index (κ1) is 17.3. The lowest BCUT2D eigenvalue weighted by Crippen LogP contribution is -2.05. The Bertz CT molecular complexity index is 1070. The van der Waals surface area contributed by atoms with E-state index in [1.54, 1.807) is 18.7 Å². The van der Waals surface area contributed by atoms with Gasteiger partial charge in [-0.3, -0.25) is 4.98 Å². The van der Waals surface area contributed by atoms with Gasteiger partial charge in [0.1, 0.15) is 6.33 Å². The fourth-order valence-corrected chi connectivity index (χ4v) is 2.99. The Kier molecular flexibility index (Phi) is 4.66. The van der Waals surface area contributed by atoms with Crippen molar-refractivity contribution in [3.8, 4) is 22.6 Å². The summed E-state index contributed by atoms with van der Waals surface area (Å²) >= 11 is 0. The van der Waals surface area contributed by atoms with Crippen molar-refractivity contribution in [3.63, 3.8) is 0 Å². The van der Waals surface area contributed by atoms with Crippen LogP contribution in [0.5, 0.6) is 0 Å². The second-order valence-electron chi connectivity index (χ2n) is 6.00. The van der Waals surface area contributed by atoms with Gasteiger partial charge in [-0.05, 0) is 30.7 Å². The van der Waals surface area contributed by atoms with Gasteiger partial charge < -0.3 is 14.5 Å². The van der Waals surface area contributed by atoms with Crippen LogP contribution in [0.4, 0.5) is 0 Å². The van der Waals surface area contributed by atoms with Crippen molar-refractivity contribution < 1.29 is 9.47 Å². The van der Waals surface area contributed by atoms with Crippen molar-refractivity contribution in [2.45, 2.75) is 19.6 Å². The third-order valence-corrected chi connectivity index (χ3v) is 4.35. The molecule has 0 aliphatic carbocycles. The third-order valence-electron chi connectivity index (χ3n) is 4.35. The summed E-state index contributed by atoms with van der Waals surface area (Å²) in [5.41, 5.74) is 5.04. The smallest absolute Gasteiger partial charge is 0.216 e. The van der Waals surface area contributed by atoms with E-state index in [-0.39, 0.29) is 0 Å². The zero-order chi connectivity index (χ0) is 18.8. The SMILES string of the molecule is CCc1cccc(-c2[nH]c(C(OC)OC)nc2-c2ccc3ncnn3c2)n1. The molecule has 0 aliphatic heterocycles. The molecule has 4 heterocycles. The number of rotatable bonds is 6. The van der Waals surface area contributed by atoms with E-state index in [1.807, 2.05) is 36.5 Å². The molecule has 0 aliphatic rings. The highest BCUT2D eigenvalue weighted by Gasteiger charge is 2.21. The predicted molar refractivity (Wildman–Crippen MR) is 99.9 cm³/mol. The lowest BCUT2D eigenvalue weighted by Gasteiger charge is -2.09. The number of nitrogens with zero attached hydrogens (tertiary/aromatic N) is 5. The fraction of sp³-hybridized carbons (Fsp3) is 0.263. The van der Waals surface area contributed by atoms with E-state index >= 15 is 0 Å². The number of hydrogen-bond donors (Lipinski definition) is 1. The van der Waals surface area contributed by atoms with Gasteiger partial charge in [-0.2, -0.15) is 5.10 Å². The zero-order valence-electron chi connectivity index (χ0n) is 15.4. The zero-order valence-corrected chi connectivity index (χ0v) is 15.4. The predicted octanol–water partition coefficient (Wildman–Crippen LogP) is 3.04. The quantitative estimate of drug-likeness (QED) is 0.529. The molecular weight excluding hydrogens is 344 g/mol. The lowest BCUT2D eigenvalue weighted by molar-refractivity contribution is -0.111. The standard InChI is InChI=1S/C19H20N6O2/c1-4-13-6-5-7-14(22-13)17-16(23-18(24-17)19(26-2)27-3)12-8-9-15-20-11-21-25(15)10-12/h5-11,19H,4H2,1-3H3,(H,23,24). The first-order valence-corrected chi connectivity index (χ1v) is 8.65. The van der Waals surface area contributed by atoms with E-state index in [2.05, 4.69) is 22.0 Å². The second kappa shape index (κ2) is 7.26. The summed E-state index contributed by atoms with van der Waals surface area (Å²) in [7, 11) is 3.15. The van der Waals surface area contributed by atoms with Crippen LogP contribution in [-0.2, 0) is 15.9 Å². The van der Waals surface area contributed by atoms with Crippen molar-refractivity contribution in [1.82, 2.24) is 29.5 Å². The van der Waals surface area contributed by atoms with E-state index in [4.69, 9.17) is 19.4 Å².